The summed E-state index contributed by atoms with van der Waals surface area (Å²) in [6.07, 6.45) is -2.54. The van der Waals surface area contributed by atoms with E-state index in [0.29, 0.717) is 11.6 Å². The van der Waals surface area contributed by atoms with Crippen LogP contribution in [0.15, 0.2) is 0 Å². The van der Waals surface area contributed by atoms with Gasteiger partial charge < -0.3 is 20.1 Å². The van der Waals surface area contributed by atoms with Crippen LogP contribution in [0.3, 0.4) is 0 Å². The van der Waals surface area contributed by atoms with Crippen LogP contribution in [0, 0.1) is 0 Å². The third-order valence-corrected chi connectivity index (χ3v) is 3.21. The maximum Gasteiger partial charge on any atom is 0.327 e. The van der Waals surface area contributed by atoms with Crippen molar-refractivity contribution in [2.24, 2.45) is 0 Å². The van der Waals surface area contributed by atoms with Crippen molar-refractivity contribution in [1.82, 2.24) is 10.2 Å². The second-order valence-corrected chi connectivity index (χ2v) is 4.52. The first kappa shape index (κ1) is 15.0. The van der Waals surface area contributed by atoms with Crippen molar-refractivity contribution in [2.75, 3.05) is 31.4 Å². The van der Waals surface area contributed by atoms with E-state index in [2.05, 4.69) is 10.1 Å². The minimum absolute atomic E-state index is 0.0329. The van der Waals surface area contributed by atoms with Gasteiger partial charge in [0.2, 0.25) is 0 Å². The molecule has 1 heterocycles. The minimum Gasteiger partial charge on any atom is -0.480 e. The van der Waals surface area contributed by atoms with Gasteiger partial charge in [0.1, 0.15) is 12.6 Å². The highest BCUT2D eigenvalue weighted by atomic mass is 32.2. The molecule has 2 N–H and O–H groups in total. The lowest BCUT2D eigenvalue weighted by Gasteiger charge is -2.20. The Labute approximate surface area is 107 Å². The van der Waals surface area contributed by atoms with Gasteiger partial charge >= 0.3 is 12.0 Å². The fourth-order valence-corrected chi connectivity index (χ4v) is 2.50. The number of halogens is 2. The zero-order valence-electron chi connectivity index (χ0n) is 9.47. The number of amides is 2. The molecule has 6 nitrogen and oxygen atoms in total. The van der Waals surface area contributed by atoms with E-state index < -0.39 is 31.1 Å². The summed E-state index contributed by atoms with van der Waals surface area (Å²) in [6, 6.07) is -1.36. The molecule has 2 amide bonds. The number of carboxylic acids is 1. The largest absolute Gasteiger partial charge is 0.480 e. The second kappa shape index (κ2) is 7.37. The first-order valence-electron chi connectivity index (χ1n) is 5.23. The molecule has 0 radical (unpaired) electrons. The minimum atomic E-state index is -2.54. The number of ether oxygens (including phenoxy) is 1. The van der Waals surface area contributed by atoms with E-state index in [-0.39, 0.29) is 13.2 Å². The first-order chi connectivity index (χ1) is 8.52. The molecule has 1 fully saturated rings. The standard InChI is InChI=1S/C9H14F2N2O4S/c10-7(11)3-17-2-1-12-9(16)13-5-18-4-6(13)8(14)15/h6-7H,1-5H2,(H,12,16)(H,14,15)/t6-/m0/s1. The zero-order chi connectivity index (χ0) is 13.5. The number of carbonyl (C=O) groups is 2. The highest BCUT2D eigenvalue weighted by Crippen LogP contribution is 2.20. The second-order valence-electron chi connectivity index (χ2n) is 3.52. The van der Waals surface area contributed by atoms with Gasteiger partial charge in [-0.1, -0.05) is 0 Å². The normalized spacial score (nSPS) is 19.3. The Kier molecular flexibility index (Phi) is 6.13. The van der Waals surface area contributed by atoms with E-state index >= 15 is 0 Å². The molecule has 1 atom stereocenters. The van der Waals surface area contributed by atoms with Crippen LogP contribution in [0.5, 0.6) is 0 Å². The van der Waals surface area contributed by atoms with Crippen LogP contribution in [-0.2, 0) is 9.53 Å². The molecule has 1 aliphatic rings. The number of hydrogen-bond acceptors (Lipinski definition) is 4. The van der Waals surface area contributed by atoms with Gasteiger partial charge in [-0.05, 0) is 0 Å². The average Bonchev–Trinajstić information content (AvgIpc) is 2.76. The predicted molar refractivity (Wildman–Crippen MR) is 60.8 cm³/mol. The number of thioether (sulfide) groups is 1. The van der Waals surface area contributed by atoms with Crippen LogP contribution in [0.2, 0.25) is 0 Å². The van der Waals surface area contributed by atoms with Gasteiger partial charge in [0, 0.05) is 12.3 Å². The third-order valence-electron chi connectivity index (χ3n) is 2.19. The van der Waals surface area contributed by atoms with Crippen molar-refractivity contribution in [1.29, 1.82) is 0 Å². The summed E-state index contributed by atoms with van der Waals surface area (Å²) in [5.41, 5.74) is 0. The van der Waals surface area contributed by atoms with Crippen molar-refractivity contribution in [2.45, 2.75) is 12.5 Å². The highest BCUT2D eigenvalue weighted by Gasteiger charge is 2.34. The summed E-state index contributed by atoms with van der Waals surface area (Å²) >= 11 is 1.35. The summed E-state index contributed by atoms with van der Waals surface area (Å²) in [6.45, 7) is -0.638. The molecule has 1 rings (SSSR count). The van der Waals surface area contributed by atoms with Gasteiger partial charge in [0.25, 0.3) is 6.43 Å². The first-order valence-corrected chi connectivity index (χ1v) is 6.38. The number of hydrogen-bond donors (Lipinski definition) is 2. The molecule has 1 aliphatic heterocycles. The van der Waals surface area contributed by atoms with Gasteiger partial charge in [0.15, 0.2) is 0 Å². The molecular formula is C9H14F2N2O4S. The lowest BCUT2D eigenvalue weighted by molar-refractivity contribution is -0.140. The van der Waals surface area contributed by atoms with Gasteiger partial charge in [-0.15, -0.1) is 11.8 Å². The van der Waals surface area contributed by atoms with Crippen molar-refractivity contribution in [3.05, 3.63) is 0 Å². The molecule has 0 saturated carbocycles. The molecule has 0 aromatic heterocycles. The lowest BCUT2D eigenvalue weighted by Crippen LogP contribution is -2.47. The number of urea groups is 1. The van der Waals surface area contributed by atoms with Gasteiger partial charge in [-0.25, -0.2) is 18.4 Å². The molecule has 0 aromatic carbocycles. The summed E-state index contributed by atoms with van der Waals surface area (Å²) < 4.78 is 28.0. The van der Waals surface area contributed by atoms with Crippen LogP contribution < -0.4 is 5.32 Å². The maximum absolute atomic E-state index is 11.7. The Morgan fingerprint density at radius 3 is 2.89 bits per heavy atom. The molecule has 0 aliphatic carbocycles. The molecule has 18 heavy (non-hydrogen) atoms. The number of rotatable bonds is 6. The van der Waals surface area contributed by atoms with Crippen molar-refractivity contribution >= 4 is 23.8 Å². The molecule has 104 valence electrons. The maximum atomic E-state index is 11.7. The summed E-state index contributed by atoms with van der Waals surface area (Å²) in [4.78, 5) is 23.6. The Morgan fingerprint density at radius 1 is 1.56 bits per heavy atom. The molecule has 0 bridgehead atoms. The lowest BCUT2D eigenvalue weighted by atomic mass is 10.3. The van der Waals surface area contributed by atoms with E-state index in [9.17, 15) is 18.4 Å². The fourth-order valence-electron chi connectivity index (χ4n) is 1.35. The monoisotopic (exact) mass is 284 g/mol. The molecule has 1 saturated heterocycles. The predicted octanol–water partition coefficient (Wildman–Crippen LogP) is 0.437. The van der Waals surface area contributed by atoms with Crippen LogP contribution in [0.25, 0.3) is 0 Å². The number of carbonyl (C=O) groups excluding carboxylic acids is 1. The van der Waals surface area contributed by atoms with Crippen molar-refractivity contribution in [3.8, 4) is 0 Å². The summed E-state index contributed by atoms with van der Waals surface area (Å²) in [7, 11) is 0. The Morgan fingerprint density at radius 2 is 2.28 bits per heavy atom. The van der Waals surface area contributed by atoms with E-state index in [1.54, 1.807) is 0 Å². The van der Waals surface area contributed by atoms with Crippen molar-refractivity contribution in [3.63, 3.8) is 0 Å². The number of alkyl halides is 2. The van der Waals surface area contributed by atoms with Gasteiger partial charge in [0.05, 0.1) is 12.5 Å². The van der Waals surface area contributed by atoms with Gasteiger partial charge in [-0.3, -0.25) is 0 Å². The SMILES string of the molecule is O=C(O)[C@@H]1CSCN1C(=O)NCCOCC(F)F. The Balaban J connectivity index is 2.22. The van der Waals surface area contributed by atoms with E-state index in [1.165, 1.54) is 16.7 Å². The molecule has 0 unspecified atom stereocenters. The average molecular weight is 284 g/mol. The quantitative estimate of drug-likeness (QED) is 0.692. The Hall–Kier alpha value is -1.09. The summed E-state index contributed by atoms with van der Waals surface area (Å²) in [5.74, 6) is -0.394. The molecule has 0 spiro atoms. The van der Waals surface area contributed by atoms with Crippen LogP contribution in [0.4, 0.5) is 13.6 Å². The molecular weight excluding hydrogens is 270 g/mol. The van der Waals surface area contributed by atoms with E-state index in [1.807, 2.05) is 0 Å². The smallest absolute Gasteiger partial charge is 0.327 e. The summed E-state index contributed by atoms with van der Waals surface area (Å²) in [5, 5.41) is 11.3. The van der Waals surface area contributed by atoms with Crippen LogP contribution >= 0.6 is 11.8 Å². The highest BCUT2D eigenvalue weighted by molar-refractivity contribution is 7.99. The zero-order valence-corrected chi connectivity index (χ0v) is 10.3. The topological polar surface area (TPSA) is 78.9 Å². The van der Waals surface area contributed by atoms with Crippen LogP contribution in [-0.4, -0.2) is 65.9 Å². The third kappa shape index (κ3) is 4.65. The van der Waals surface area contributed by atoms with E-state index in [0.717, 1.165) is 0 Å². The number of nitrogens with one attached hydrogen (secondary N) is 1. The van der Waals surface area contributed by atoms with Gasteiger partial charge in [-0.2, -0.15) is 0 Å². The number of aliphatic carboxylic acids is 1. The van der Waals surface area contributed by atoms with E-state index in [4.69, 9.17) is 5.11 Å². The number of nitrogens with zero attached hydrogens (tertiary/aromatic N) is 1. The van der Waals surface area contributed by atoms with Crippen LogP contribution in [0.1, 0.15) is 0 Å². The Bertz CT molecular complexity index is 306. The van der Waals surface area contributed by atoms with Crippen molar-refractivity contribution < 1.29 is 28.2 Å². The molecule has 9 heteroatoms. The number of carboxylic acid groups (broad SMARTS) is 1. The fraction of sp³-hybridized carbons (Fsp3) is 0.778. The molecule has 0 aromatic rings.